The van der Waals surface area contributed by atoms with E-state index in [0.29, 0.717) is 17.7 Å². The Morgan fingerprint density at radius 2 is 1.82 bits per heavy atom. The van der Waals surface area contributed by atoms with E-state index in [-0.39, 0.29) is 16.8 Å². The van der Waals surface area contributed by atoms with E-state index in [0.717, 1.165) is 11.1 Å². The molecule has 0 unspecified atom stereocenters. The fourth-order valence-electron chi connectivity index (χ4n) is 2.61. The van der Waals surface area contributed by atoms with Crippen molar-refractivity contribution in [2.24, 2.45) is 0 Å². The highest BCUT2D eigenvalue weighted by molar-refractivity contribution is 7.89. The van der Waals surface area contributed by atoms with Gasteiger partial charge >= 0.3 is 0 Å². The van der Waals surface area contributed by atoms with Gasteiger partial charge in [-0.05, 0) is 77.7 Å². The Morgan fingerprint density at radius 3 is 2.46 bits per heavy atom. The highest BCUT2D eigenvalue weighted by Gasteiger charge is 2.17. The first-order valence-electron chi connectivity index (χ1n) is 8.95. The predicted molar refractivity (Wildman–Crippen MR) is 114 cm³/mol. The van der Waals surface area contributed by atoms with Crippen LogP contribution in [0.25, 0.3) is 11.1 Å². The second kappa shape index (κ2) is 8.68. The molecule has 0 fully saturated rings. The van der Waals surface area contributed by atoms with E-state index in [1.165, 1.54) is 24.3 Å². The Hall–Kier alpha value is -2.48. The van der Waals surface area contributed by atoms with Gasteiger partial charge in [0.15, 0.2) is 0 Å². The molecule has 2 aromatic carbocycles. The Balaban J connectivity index is 1.73. The molecule has 5 nitrogen and oxygen atoms in total. The van der Waals surface area contributed by atoms with Crippen molar-refractivity contribution in [3.8, 4) is 11.1 Å². The molecule has 0 aliphatic carbocycles. The third-order valence-corrected chi connectivity index (χ3v) is 6.66. The van der Waals surface area contributed by atoms with Crippen LogP contribution in [0.3, 0.4) is 0 Å². The highest BCUT2D eigenvalue weighted by atomic mass is 32.2. The number of rotatable bonds is 7. The van der Waals surface area contributed by atoms with Crippen molar-refractivity contribution in [3.63, 3.8) is 0 Å². The molecule has 0 saturated carbocycles. The van der Waals surface area contributed by atoms with Crippen molar-refractivity contribution in [1.29, 1.82) is 0 Å². The zero-order chi connectivity index (χ0) is 20.1. The lowest BCUT2D eigenvalue weighted by Gasteiger charge is -2.12. The molecule has 0 aliphatic heterocycles. The normalized spacial score (nSPS) is 12.5. The second-order valence-electron chi connectivity index (χ2n) is 6.50. The van der Waals surface area contributed by atoms with Crippen molar-refractivity contribution >= 4 is 33.0 Å². The molecule has 0 aliphatic rings. The summed E-state index contributed by atoms with van der Waals surface area (Å²) in [6, 6.07) is 15.4. The lowest BCUT2D eigenvalue weighted by molar-refractivity contribution is 0.102. The summed E-state index contributed by atoms with van der Waals surface area (Å²) in [5, 5.41) is 6.91. The predicted octanol–water partition coefficient (Wildman–Crippen LogP) is 4.74. The number of anilines is 1. The number of benzene rings is 2. The van der Waals surface area contributed by atoms with Gasteiger partial charge in [0.2, 0.25) is 10.0 Å². The zero-order valence-corrected chi connectivity index (χ0v) is 17.3. The van der Waals surface area contributed by atoms with Gasteiger partial charge in [-0.25, -0.2) is 13.1 Å². The topological polar surface area (TPSA) is 75.3 Å². The van der Waals surface area contributed by atoms with E-state index in [9.17, 15) is 13.2 Å². The minimum absolute atomic E-state index is 0.142. The number of amides is 1. The number of nitrogens with one attached hydrogen (secondary N) is 2. The Labute approximate surface area is 169 Å². The van der Waals surface area contributed by atoms with E-state index in [2.05, 4.69) is 10.0 Å². The summed E-state index contributed by atoms with van der Waals surface area (Å²) in [6.07, 6.45) is 0.699. The van der Waals surface area contributed by atoms with Gasteiger partial charge in [-0.3, -0.25) is 4.79 Å². The number of hydrogen-bond acceptors (Lipinski definition) is 4. The number of carbonyl (C=O) groups excluding carboxylic acids is 1. The molecule has 146 valence electrons. The second-order valence-corrected chi connectivity index (χ2v) is 9.00. The van der Waals surface area contributed by atoms with Crippen molar-refractivity contribution in [2.45, 2.75) is 31.2 Å². The maximum atomic E-state index is 12.5. The van der Waals surface area contributed by atoms with E-state index in [4.69, 9.17) is 0 Å². The van der Waals surface area contributed by atoms with Gasteiger partial charge in [-0.15, -0.1) is 0 Å². The molecule has 2 N–H and O–H groups in total. The summed E-state index contributed by atoms with van der Waals surface area (Å²) in [5.41, 5.74) is 3.20. The summed E-state index contributed by atoms with van der Waals surface area (Å²) < 4.78 is 27.2. The molecular formula is C21H22N2O3S2. The standard InChI is InChI=1S/C21H22N2O3S2/c1-3-15(2)23-28(25,26)20-9-7-16(8-10-20)21(24)22-19-6-4-5-17(13-19)18-11-12-27-14-18/h4-15,23H,3H2,1-2H3,(H,22,24)/t15-/m0/s1. The third kappa shape index (κ3) is 4.86. The highest BCUT2D eigenvalue weighted by Crippen LogP contribution is 2.25. The van der Waals surface area contributed by atoms with Gasteiger partial charge in [0.05, 0.1) is 4.90 Å². The molecule has 0 bridgehead atoms. The number of sulfonamides is 1. The zero-order valence-electron chi connectivity index (χ0n) is 15.7. The smallest absolute Gasteiger partial charge is 0.255 e. The Kier molecular flexibility index (Phi) is 6.28. The van der Waals surface area contributed by atoms with Gasteiger partial charge in [0.1, 0.15) is 0 Å². The lowest BCUT2D eigenvalue weighted by Crippen LogP contribution is -2.32. The largest absolute Gasteiger partial charge is 0.322 e. The summed E-state index contributed by atoms with van der Waals surface area (Å²) in [6.45, 7) is 3.72. The molecule has 0 spiro atoms. The van der Waals surface area contributed by atoms with E-state index >= 15 is 0 Å². The minimum atomic E-state index is -3.58. The SMILES string of the molecule is CC[C@H](C)NS(=O)(=O)c1ccc(C(=O)Nc2cccc(-c3ccsc3)c2)cc1. The molecule has 1 atom stereocenters. The summed E-state index contributed by atoms with van der Waals surface area (Å²) >= 11 is 1.62. The van der Waals surface area contributed by atoms with Crippen LogP contribution in [0.2, 0.25) is 0 Å². The average Bonchev–Trinajstić information content (AvgIpc) is 3.23. The summed E-state index contributed by atoms with van der Waals surface area (Å²) in [7, 11) is -3.58. The van der Waals surface area contributed by atoms with Crippen LogP contribution in [0.1, 0.15) is 30.6 Å². The van der Waals surface area contributed by atoms with Crippen molar-refractivity contribution in [3.05, 3.63) is 70.9 Å². The van der Waals surface area contributed by atoms with E-state index < -0.39 is 10.0 Å². The van der Waals surface area contributed by atoms with Gasteiger partial charge in [-0.2, -0.15) is 11.3 Å². The number of hydrogen-bond donors (Lipinski definition) is 2. The molecule has 28 heavy (non-hydrogen) atoms. The molecule has 3 rings (SSSR count). The monoisotopic (exact) mass is 414 g/mol. The maximum Gasteiger partial charge on any atom is 0.255 e. The van der Waals surface area contributed by atoms with Crippen LogP contribution in [0.4, 0.5) is 5.69 Å². The summed E-state index contributed by atoms with van der Waals surface area (Å²) in [5.74, 6) is -0.290. The molecule has 1 amide bonds. The van der Waals surface area contributed by atoms with Crippen LogP contribution in [-0.4, -0.2) is 20.4 Å². The Morgan fingerprint density at radius 1 is 1.07 bits per heavy atom. The van der Waals surface area contributed by atoms with Crippen LogP contribution in [0.5, 0.6) is 0 Å². The van der Waals surface area contributed by atoms with Gasteiger partial charge in [0.25, 0.3) is 5.91 Å². The van der Waals surface area contributed by atoms with Crippen LogP contribution in [-0.2, 0) is 10.0 Å². The maximum absolute atomic E-state index is 12.5. The van der Waals surface area contributed by atoms with Crippen LogP contribution >= 0.6 is 11.3 Å². The molecule has 1 heterocycles. The first-order valence-corrected chi connectivity index (χ1v) is 11.4. The number of thiophene rings is 1. The molecule has 3 aromatic rings. The van der Waals surface area contributed by atoms with E-state index in [1.807, 2.05) is 54.9 Å². The lowest BCUT2D eigenvalue weighted by atomic mass is 10.1. The van der Waals surface area contributed by atoms with Crippen LogP contribution < -0.4 is 10.0 Å². The number of carbonyl (C=O) groups is 1. The first-order chi connectivity index (χ1) is 13.4. The van der Waals surface area contributed by atoms with Gasteiger partial charge in [0, 0.05) is 17.3 Å². The van der Waals surface area contributed by atoms with Crippen molar-refractivity contribution < 1.29 is 13.2 Å². The molecule has 0 saturated heterocycles. The molecule has 7 heteroatoms. The molecule has 1 aromatic heterocycles. The summed E-state index contributed by atoms with van der Waals surface area (Å²) in [4.78, 5) is 12.7. The van der Waals surface area contributed by atoms with Crippen molar-refractivity contribution in [2.75, 3.05) is 5.32 Å². The van der Waals surface area contributed by atoms with Crippen LogP contribution in [0, 0.1) is 0 Å². The first kappa shape index (κ1) is 20.3. The molecular weight excluding hydrogens is 392 g/mol. The van der Waals surface area contributed by atoms with Crippen molar-refractivity contribution in [1.82, 2.24) is 4.72 Å². The van der Waals surface area contributed by atoms with E-state index in [1.54, 1.807) is 11.3 Å². The minimum Gasteiger partial charge on any atom is -0.322 e. The quantitative estimate of drug-likeness (QED) is 0.586. The van der Waals surface area contributed by atoms with Gasteiger partial charge < -0.3 is 5.32 Å². The van der Waals surface area contributed by atoms with Gasteiger partial charge in [-0.1, -0.05) is 19.1 Å². The Bertz CT molecular complexity index is 1040. The average molecular weight is 415 g/mol. The fraction of sp³-hybridized carbons (Fsp3) is 0.190. The third-order valence-electron chi connectivity index (χ3n) is 4.37. The van der Waals surface area contributed by atoms with Crippen LogP contribution in [0.15, 0.2) is 70.3 Å². The fourth-order valence-corrected chi connectivity index (χ4v) is 4.60. The molecule has 0 radical (unpaired) electrons.